The van der Waals surface area contributed by atoms with E-state index < -0.39 is 5.97 Å². The van der Waals surface area contributed by atoms with Gasteiger partial charge in [-0.3, -0.25) is 9.59 Å². The van der Waals surface area contributed by atoms with Crippen LogP contribution in [0.15, 0.2) is 36.5 Å². The molecule has 1 aromatic heterocycles. The van der Waals surface area contributed by atoms with Gasteiger partial charge in [0.1, 0.15) is 0 Å². The maximum Gasteiger partial charge on any atom is 0.305 e. The number of carboxylic acid groups (broad SMARTS) is 1. The second-order valence-corrected chi connectivity index (χ2v) is 4.76. The number of carbonyl (C=O) groups excluding carboxylic acids is 1. The molecule has 110 valence electrons. The van der Waals surface area contributed by atoms with Crippen molar-refractivity contribution in [1.29, 1.82) is 0 Å². The standard InChI is InChI=1S/C15H17N3O3/c1-11-13(15(21)17(2)9-8-14(19)20)10-16-18(11)12-6-4-3-5-7-12/h3-7,10H,8-9H2,1-2H3,(H,19,20). The van der Waals surface area contributed by atoms with Crippen molar-refractivity contribution in [3.05, 3.63) is 47.8 Å². The lowest BCUT2D eigenvalue weighted by Gasteiger charge is -2.15. The molecule has 1 aromatic carbocycles. The molecule has 0 unspecified atom stereocenters. The number of hydrogen-bond donors (Lipinski definition) is 1. The van der Waals surface area contributed by atoms with Gasteiger partial charge >= 0.3 is 5.97 Å². The van der Waals surface area contributed by atoms with Gasteiger partial charge in [0.25, 0.3) is 5.91 Å². The minimum Gasteiger partial charge on any atom is -0.481 e. The zero-order valence-electron chi connectivity index (χ0n) is 12.0. The first-order valence-electron chi connectivity index (χ1n) is 6.58. The molecule has 0 bridgehead atoms. The fourth-order valence-electron chi connectivity index (χ4n) is 2.02. The molecular formula is C15H17N3O3. The lowest BCUT2D eigenvalue weighted by atomic mass is 10.2. The van der Waals surface area contributed by atoms with Crippen LogP contribution in [0.25, 0.3) is 5.69 Å². The Balaban J connectivity index is 2.20. The topological polar surface area (TPSA) is 75.4 Å². The molecule has 6 nitrogen and oxygen atoms in total. The summed E-state index contributed by atoms with van der Waals surface area (Å²) in [6, 6.07) is 9.52. The van der Waals surface area contributed by atoms with Crippen LogP contribution in [0.2, 0.25) is 0 Å². The fraction of sp³-hybridized carbons (Fsp3) is 0.267. The van der Waals surface area contributed by atoms with Gasteiger partial charge in [-0.05, 0) is 19.1 Å². The molecule has 0 fully saturated rings. The zero-order valence-corrected chi connectivity index (χ0v) is 12.0. The molecule has 1 N–H and O–H groups in total. The van der Waals surface area contributed by atoms with Crippen LogP contribution in [-0.4, -0.2) is 45.3 Å². The van der Waals surface area contributed by atoms with Gasteiger partial charge in [0.15, 0.2) is 0 Å². The maximum absolute atomic E-state index is 12.3. The molecular weight excluding hydrogens is 270 g/mol. The molecule has 0 aliphatic heterocycles. The van der Waals surface area contributed by atoms with E-state index in [1.54, 1.807) is 11.7 Å². The van der Waals surface area contributed by atoms with E-state index >= 15 is 0 Å². The lowest BCUT2D eigenvalue weighted by Crippen LogP contribution is -2.29. The Bertz CT molecular complexity index is 649. The number of carbonyl (C=O) groups is 2. The normalized spacial score (nSPS) is 10.4. The average Bonchev–Trinajstić information content (AvgIpc) is 2.86. The first-order valence-corrected chi connectivity index (χ1v) is 6.58. The summed E-state index contributed by atoms with van der Waals surface area (Å²) in [5, 5.41) is 12.9. The number of amides is 1. The summed E-state index contributed by atoms with van der Waals surface area (Å²) in [5.41, 5.74) is 2.09. The fourth-order valence-corrected chi connectivity index (χ4v) is 2.02. The van der Waals surface area contributed by atoms with E-state index in [1.807, 2.05) is 37.3 Å². The van der Waals surface area contributed by atoms with E-state index in [-0.39, 0.29) is 18.9 Å². The Morgan fingerprint density at radius 1 is 1.29 bits per heavy atom. The highest BCUT2D eigenvalue weighted by molar-refractivity contribution is 5.95. The van der Waals surface area contributed by atoms with Gasteiger partial charge in [-0.15, -0.1) is 0 Å². The van der Waals surface area contributed by atoms with Crippen molar-refractivity contribution in [2.75, 3.05) is 13.6 Å². The average molecular weight is 287 g/mol. The van der Waals surface area contributed by atoms with Crippen molar-refractivity contribution in [2.24, 2.45) is 0 Å². The van der Waals surface area contributed by atoms with Crippen LogP contribution in [0.1, 0.15) is 22.5 Å². The largest absolute Gasteiger partial charge is 0.481 e. The summed E-state index contributed by atoms with van der Waals surface area (Å²) in [6.07, 6.45) is 1.44. The highest BCUT2D eigenvalue weighted by Crippen LogP contribution is 2.15. The predicted molar refractivity (Wildman–Crippen MR) is 77.5 cm³/mol. The minimum absolute atomic E-state index is 0.0753. The first-order chi connectivity index (χ1) is 10.0. The van der Waals surface area contributed by atoms with E-state index in [0.29, 0.717) is 5.56 Å². The summed E-state index contributed by atoms with van der Waals surface area (Å²) in [4.78, 5) is 24.3. The van der Waals surface area contributed by atoms with Crippen LogP contribution in [0.4, 0.5) is 0 Å². The van der Waals surface area contributed by atoms with Crippen LogP contribution in [0.3, 0.4) is 0 Å². The van der Waals surface area contributed by atoms with E-state index in [0.717, 1.165) is 11.4 Å². The molecule has 0 aliphatic carbocycles. The highest BCUT2D eigenvalue weighted by atomic mass is 16.4. The van der Waals surface area contributed by atoms with Crippen LogP contribution in [0, 0.1) is 6.92 Å². The molecule has 1 heterocycles. The summed E-state index contributed by atoms with van der Waals surface area (Å²) >= 11 is 0. The van der Waals surface area contributed by atoms with Crippen molar-refractivity contribution >= 4 is 11.9 Å². The Morgan fingerprint density at radius 2 is 1.95 bits per heavy atom. The smallest absolute Gasteiger partial charge is 0.305 e. The number of hydrogen-bond acceptors (Lipinski definition) is 3. The van der Waals surface area contributed by atoms with E-state index in [1.165, 1.54) is 11.1 Å². The molecule has 6 heteroatoms. The summed E-state index contributed by atoms with van der Waals surface area (Å²) in [7, 11) is 1.59. The number of aliphatic carboxylic acids is 1. The van der Waals surface area contributed by atoms with Gasteiger partial charge in [0, 0.05) is 13.6 Å². The number of rotatable bonds is 5. The lowest BCUT2D eigenvalue weighted by molar-refractivity contribution is -0.137. The Kier molecular flexibility index (Phi) is 4.37. The molecule has 1 amide bonds. The van der Waals surface area contributed by atoms with Gasteiger partial charge in [-0.1, -0.05) is 18.2 Å². The monoisotopic (exact) mass is 287 g/mol. The van der Waals surface area contributed by atoms with Crippen molar-refractivity contribution in [2.45, 2.75) is 13.3 Å². The van der Waals surface area contributed by atoms with Crippen LogP contribution < -0.4 is 0 Å². The summed E-state index contributed by atoms with van der Waals surface area (Å²) < 4.78 is 1.69. The van der Waals surface area contributed by atoms with Crippen LogP contribution in [0.5, 0.6) is 0 Å². The van der Waals surface area contributed by atoms with Crippen molar-refractivity contribution in [3.63, 3.8) is 0 Å². The molecule has 0 radical (unpaired) electrons. The quantitative estimate of drug-likeness (QED) is 0.908. The molecule has 21 heavy (non-hydrogen) atoms. The zero-order chi connectivity index (χ0) is 15.4. The molecule has 2 aromatic rings. The number of benzene rings is 1. The third-order valence-corrected chi connectivity index (χ3v) is 3.25. The minimum atomic E-state index is -0.925. The van der Waals surface area contributed by atoms with Crippen LogP contribution >= 0.6 is 0 Å². The van der Waals surface area contributed by atoms with Gasteiger partial charge in [-0.25, -0.2) is 4.68 Å². The van der Waals surface area contributed by atoms with Gasteiger partial charge in [0.2, 0.25) is 0 Å². The Labute approximate surface area is 122 Å². The van der Waals surface area contributed by atoms with Crippen molar-refractivity contribution in [1.82, 2.24) is 14.7 Å². The Morgan fingerprint density at radius 3 is 2.57 bits per heavy atom. The van der Waals surface area contributed by atoms with Crippen molar-refractivity contribution < 1.29 is 14.7 Å². The van der Waals surface area contributed by atoms with E-state index in [2.05, 4.69) is 5.10 Å². The predicted octanol–water partition coefficient (Wildman–Crippen LogP) is 1.73. The summed E-state index contributed by atoms with van der Waals surface area (Å²) in [5.74, 6) is -1.15. The molecule has 2 rings (SSSR count). The number of aromatic nitrogens is 2. The molecule has 0 saturated heterocycles. The SMILES string of the molecule is Cc1c(C(=O)N(C)CCC(=O)O)cnn1-c1ccccc1. The van der Waals surface area contributed by atoms with E-state index in [4.69, 9.17) is 5.11 Å². The van der Waals surface area contributed by atoms with Gasteiger partial charge in [0.05, 0.1) is 29.6 Å². The Hall–Kier alpha value is -2.63. The van der Waals surface area contributed by atoms with Gasteiger partial charge in [-0.2, -0.15) is 5.10 Å². The van der Waals surface area contributed by atoms with E-state index in [9.17, 15) is 9.59 Å². The third-order valence-electron chi connectivity index (χ3n) is 3.25. The molecule has 0 spiro atoms. The molecule has 0 saturated carbocycles. The molecule has 0 aliphatic rings. The van der Waals surface area contributed by atoms with Crippen molar-refractivity contribution in [3.8, 4) is 5.69 Å². The molecule has 0 atom stereocenters. The number of carboxylic acids is 1. The van der Waals surface area contributed by atoms with Crippen LogP contribution in [-0.2, 0) is 4.79 Å². The number of para-hydroxylation sites is 1. The second kappa shape index (κ2) is 6.21. The second-order valence-electron chi connectivity index (χ2n) is 4.76. The summed E-state index contributed by atoms with van der Waals surface area (Å²) in [6.45, 7) is 1.99. The number of nitrogens with zero attached hydrogens (tertiary/aromatic N) is 3. The third kappa shape index (κ3) is 3.28. The maximum atomic E-state index is 12.3. The van der Waals surface area contributed by atoms with Gasteiger partial charge < -0.3 is 10.0 Å². The first kappa shape index (κ1) is 14.8. The highest BCUT2D eigenvalue weighted by Gasteiger charge is 2.19.